The number of unbranched alkanes of at least 4 members (excludes halogenated alkanes) is 1. The average Bonchev–Trinajstić information content (AvgIpc) is 2.84. The van der Waals surface area contributed by atoms with Crippen LogP contribution in [0.4, 0.5) is 0 Å². The Balaban J connectivity index is 2.37. The topological polar surface area (TPSA) is 114 Å². The minimum absolute atomic E-state index is 0.0497. The van der Waals surface area contributed by atoms with E-state index in [-0.39, 0.29) is 30.6 Å². The molecule has 8 heteroatoms. The molecular formula is C27H41N3O5. The molecule has 8 nitrogen and oxygen atoms in total. The van der Waals surface area contributed by atoms with Crippen LogP contribution in [0.1, 0.15) is 72.3 Å². The third-order valence-corrected chi connectivity index (χ3v) is 6.75. The lowest BCUT2D eigenvalue weighted by atomic mass is 9.94. The molecule has 3 amide bonds. The van der Waals surface area contributed by atoms with Gasteiger partial charge in [0.15, 0.2) is 0 Å². The van der Waals surface area contributed by atoms with E-state index < -0.39 is 42.0 Å². The van der Waals surface area contributed by atoms with Crippen LogP contribution >= 0.6 is 0 Å². The van der Waals surface area contributed by atoms with Gasteiger partial charge >= 0.3 is 5.97 Å². The predicted molar refractivity (Wildman–Crippen MR) is 134 cm³/mol. The third kappa shape index (κ3) is 8.67. The number of amides is 3. The molecule has 1 heterocycles. The summed E-state index contributed by atoms with van der Waals surface area (Å²) in [4.78, 5) is 52.3. The number of nitrogens with one attached hydrogen (secondary N) is 3. The van der Waals surface area contributed by atoms with Gasteiger partial charge < -0.3 is 20.7 Å². The SMILES string of the molecule is CCCC[C@H](C)[C@@H]1CC(=O)N[C@@H](Cc2ccccc2)C(=O)N[C@H](C)C(=O)N[C@H]([C@H](C)CC)C(=O)O1. The monoisotopic (exact) mass is 487 g/mol. The number of cyclic esters (lactones) is 1. The maximum Gasteiger partial charge on any atom is 0.329 e. The fourth-order valence-corrected chi connectivity index (χ4v) is 4.12. The molecule has 0 spiro atoms. The van der Waals surface area contributed by atoms with E-state index in [0.29, 0.717) is 6.42 Å². The molecule has 1 saturated heterocycles. The van der Waals surface area contributed by atoms with Crippen molar-refractivity contribution in [2.75, 3.05) is 0 Å². The lowest BCUT2D eigenvalue weighted by Crippen LogP contribution is -2.55. The van der Waals surface area contributed by atoms with Crippen molar-refractivity contribution in [3.05, 3.63) is 35.9 Å². The number of hydrogen-bond donors (Lipinski definition) is 3. The quantitative estimate of drug-likeness (QED) is 0.488. The van der Waals surface area contributed by atoms with E-state index in [0.717, 1.165) is 24.8 Å². The van der Waals surface area contributed by atoms with Crippen LogP contribution in [0.3, 0.4) is 0 Å². The molecule has 3 N–H and O–H groups in total. The summed E-state index contributed by atoms with van der Waals surface area (Å²) in [6, 6.07) is 6.75. The number of ether oxygens (including phenoxy) is 1. The second kappa shape index (κ2) is 13.9. The van der Waals surface area contributed by atoms with Gasteiger partial charge in [-0.05, 0) is 30.7 Å². The zero-order valence-corrected chi connectivity index (χ0v) is 21.6. The normalized spacial score (nSPS) is 26.1. The zero-order chi connectivity index (χ0) is 26.0. The summed E-state index contributed by atoms with van der Waals surface area (Å²) in [5.41, 5.74) is 0.880. The van der Waals surface area contributed by atoms with Crippen LogP contribution in [0, 0.1) is 11.8 Å². The van der Waals surface area contributed by atoms with Gasteiger partial charge in [0.25, 0.3) is 0 Å². The van der Waals surface area contributed by atoms with Gasteiger partial charge in [-0.1, -0.05) is 77.3 Å². The highest BCUT2D eigenvalue weighted by molar-refractivity contribution is 5.94. The van der Waals surface area contributed by atoms with Crippen LogP contribution in [0.25, 0.3) is 0 Å². The third-order valence-electron chi connectivity index (χ3n) is 6.75. The molecule has 1 aromatic carbocycles. The molecule has 2 rings (SSSR count). The largest absolute Gasteiger partial charge is 0.460 e. The van der Waals surface area contributed by atoms with Gasteiger partial charge in [-0.25, -0.2) is 4.79 Å². The highest BCUT2D eigenvalue weighted by Gasteiger charge is 2.35. The maximum atomic E-state index is 13.2. The fourth-order valence-electron chi connectivity index (χ4n) is 4.12. The van der Waals surface area contributed by atoms with E-state index >= 15 is 0 Å². The van der Waals surface area contributed by atoms with Crippen LogP contribution in [0.5, 0.6) is 0 Å². The van der Waals surface area contributed by atoms with Crippen molar-refractivity contribution in [2.24, 2.45) is 11.8 Å². The molecule has 6 atom stereocenters. The number of carbonyl (C=O) groups excluding carboxylic acids is 4. The maximum absolute atomic E-state index is 13.2. The number of carbonyl (C=O) groups is 4. The van der Waals surface area contributed by atoms with Crippen LogP contribution in [-0.2, 0) is 30.3 Å². The Labute approximate surface area is 208 Å². The predicted octanol–water partition coefficient (Wildman–Crippen LogP) is 2.89. The fraction of sp³-hybridized carbons (Fsp3) is 0.630. The molecule has 0 bridgehead atoms. The Hall–Kier alpha value is -2.90. The summed E-state index contributed by atoms with van der Waals surface area (Å²) in [5, 5.41) is 8.28. The molecule has 1 aliphatic heterocycles. The first-order chi connectivity index (χ1) is 16.7. The van der Waals surface area contributed by atoms with Crippen molar-refractivity contribution >= 4 is 23.7 Å². The number of benzene rings is 1. The van der Waals surface area contributed by atoms with Gasteiger partial charge in [0.1, 0.15) is 24.2 Å². The molecule has 1 fully saturated rings. The van der Waals surface area contributed by atoms with Gasteiger partial charge in [0.2, 0.25) is 17.7 Å². The van der Waals surface area contributed by atoms with Crippen molar-refractivity contribution in [3.8, 4) is 0 Å². The van der Waals surface area contributed by atoms with Crippen LogP contribution in [0.15, 0.2) is 30.3 Å². The summed E-state index contributed by atoms with van der Waals surface area (Å²) in [6.07, 6.45) is 2.95. The molecule has 0 aliphatic carbocycles. The highest BCUT2D eigenvalue weighted by Crippen LogP contribution is 2.21. The zero-order valence-electron chi connectivity index (χ0n) is 21.6. The van der Waals surface area contributed by atoms with E-state index in [1.54, 1.807) is 6.92 Å². The Morgan fingerprint density at radius 1 is 0.943 bits per heavy atom. The van der Waals surface area contributed by atoms with Crippen molar-refractivity contribution < 1.29 is 23.9 Å². The van der Waals surface area contributed by atoms with E-state index in [2.05, 4.69) is 22.9 Å². The molecule has 0 unspecified atom stereocenters. The van der Waals surface area contributed by atoms with Crippen molar-refractivity contribution in [3.63, 3.8) is 0 Å². The summed E-state index contributed by atoms with van der Waals surface area (Å²) < 4.78 is 5.87. The average molecular weight is 488 g/mol. The Morgan fingerprint density at radius 3 is 2.26 bits per heavy atom. The first-order valence-electron chi connectivity index (χ1n) is 12.8. The van der Waals surface area contributed by atoms with Crippen molar-refractivity contribution in [1.82, 2.24) is 16.0 Å². The van der Waals surface area contributed by atoms with E-state index in [1.165, 1.54) is 0 Å². The molecule has 0 saturated carbocycles. The molecule has 194 valence electrons. The van der Waals surface area contributed by atoms with E-state index in [1.807, 2.05) is 51.1 Å². The molecule has 0 radical (unpaired) electrons. The molecule has 1 aliphatic rings. The Bertz CT molecular complexity index is 860. The van der Waals surface area contributed by atoms with Gasteiger partial charge in [-0.2, -0.15) is 0 Å². The summed E-state index contributed by atoms with van der Waals surface area (Å²) >= 11 is 0. The minimum Gasteiger partial charge on any atom is -0.460 e. The lowest BCUT2D eigenvalue weighted by Gasteiger charge is -2.29. The highest BCUT2D eigenvalue weighted by atomic mass is 16.5. The number of hydrogen-bond acceptors (Lipinski definition) is 5. The smallest absolute Gasteiger partial charge is 0.329 e. The van der Waals surface area contributed by atoms with Crippen LogP contribution < -0.4 is 16.0 Å². The Morgan fingerprint density at radius 2 is 1.63 bits per heavy atom. The first-order valence-corrected chi connectivity index (χ1v) is 12.8. The van der Waals surface area contributed by atoms with Crippen molar-refractivity contribution in [2.45, 2.75) is 97.4 Å². The second-order valence-electron chi connectivity index (χ2n) is 9.71. The van der Waals surface area contributed by atoms with Gasteiger partial charge in [-0.15, -0.1) is 0 Å². The Kier molecular flexibility index (Phi) is 11.2. The van der Waals surface area contributed by atoms with E-state index in [4.69, 9.17) is 4.74 Å². The first kappa shape index (κ1) is 28.3. The number of rotatable bonds is 8. The summed E-state index contributed by atoms with van der Waals surface area (Å²) in [7, 11) is 0. The van der Waals surface area contributed by atoms with Gasteiger partial charge in [0.05, 0.1) is 6.42 Å². The second-order valence-corrected chi connectivity index (χ2v) is 9.71. The van der Waals surface area contributed by atoms with Crippen LogP contribution in [-0.4, -0.2) is 47.9 Å². The van der Waals surface area contributed by atoms with Gasteiger partial charge in [-0.3, -0.25) is 14.4 Å². The van der Waals surface area contributed by atoms with Crippen LogP contribution in [0.2, 0.25) is 0 Å². The van der Waals surface area contributed by atoms with Gasteiger partial charge in [0, 0.05) is 6.42 Å². The van der Waals surface area contributed by atoms with E-state index in [9.17, 15) is 19.2 Å². The molecule has 0 aromatic heterocycles. The summed E-state index contributed by atoms with van der Waals surface area (Å²) in [5.74, 6) is -2.07. The molecule has 35 heavy (non-hydrogen) atoms. The van der Waals surface area contributed by atoms with Crippen molar-refractivity contribution in [1.29, 1.82) is 0 Å². The summed E-state index contributed by atoms with van der Waals surface area (Å²) in [6.45, 7) is 9.40. The standard InChI is InChI=1S/C27H41N3O5/c1-6-8-12-18(4)22-16-23(31)29-21(15-20-13-10-9-11-14-20)26(33)28-19(5)25(32)30-24(17(3)7-2)27(34)35-22/h9-11,13-14,17-19,21-22,24H,6-8,12,15-16H2,1-5H3,(H,28,33)(H,29,31)(H,30,32)/t17-,18+,19-,21+,22+,24-/m1/s1. The minimum atomic E-state index is -0.892. The molecular weight excluding hydrogens is 446 g/mol. The number of esters is 1. The lowest BCUT2D eigenvalue weighted by molar-refractivity contribution is -0.158. The molecule has 1 aromatic rings.